The van der Waals surface area contributed by atoms with Gasteiger partial charge < -0.3 is 16.4 Å². The molecule has 0 saturated carbocycles. The molecule has 1 heterocycles. The minimum atomic E-state index is -4.55. The van der Waals surface area contributed by atoms with Gasteiger partial charge in [0.15, 0.2) is 0 Å². The molecule has 0 radical (unpaired) electrons. The Morgan fingerprint density at radius 2 is 1.84 bits per heavy atom. The number of nitrogens with zero attached hydrogens (tertiary/aromatic N) is 1. The molecule has 0 bridgehead atoms. The van der Waals surface area contributed by atoms with E-state index in [0.29, 0.717) is 5.69 Å². The van der Waals surface area contributed by atoms with E-state index in [1.165, 1.54) is 29.0 Å². The third-order valence-electron chi connectivity index (χ3n) is 4.74. The van der Waals surface area contributed by atoms with Crippen LogP contribution in [0, 0.1) is 0 Å². The SMILES string of the molecule is CNc1cccc(-n2cc(C(=O)NC(C)c3cc(N)cc(C(F)(F)F)c3)ccc2=O)c1. The summed E-state index contributed by atoms with van der Waals surface area (Å²) in [6.07, 6.45) is -3.16. The van der Waals surface area contributed by atoms with Crippen LogP contribution < -0.4 is 21.9 Å². The molecule has 9 heteroatoms. The van der Waals surface area contributed by atoms with Crippen molar-refractivity contribution in [3.63, 3.8) is 0 Å². The number of pyridine rings is 1. The van der Waals surface area contributed by atoms with Crippen LogP contribution in [0.15, 0.2) is 65.6 Å². The van der Waals surface area contributed by atoms with E-state index >= 15 is 0 Å². The van der Waals surface area contributed by atoms with Gasteiger partial charge in [-0.3, -0.25) is 14.2 Å². The van der Waals surface area contributed by atoms with Crippen LogP contribution in [0.1, 0.15) is 34.5 Å². The van der Waals surface area contributed by atoms with E-state index in [-0.39, 0.29) is 22.4 Å². The van der Waals surface area contributed by atoms with Crippen LogP contribution in [0.4, 0.5) is 24.5 Å². The summed E-state index contributed by atoms with van der Waals surface area (Å²) < 4.78 is 40.5. The summed E-state index contributed by atoms with van der Waals surface area (Å²) in [7, 11) is 1.74. The first kappa shape index (κ1) is 21.9. The van der Waals surface area contributed by atoms with Crippen molar-refractivity contribution in [1.82, 2.24) is 9.88 Å². The third kappa shape index (κ3) is 5.06. The van der Waals surface area contributed by atoms with Crippen molar-refractivity contribution in [2.45, 2.75) is 19.1 Å². The molecule has 1 unspecified atom stereocenters. The standard InChI is InChI=1S/C22H21F3N4O2/c1-13(15-8-16(22(23,24)25)10-17(26)9-15)28-21(31)14-6-7-20(30)29(12-14)19-5-3-4-18(11-19)27-2/h3-13,27H,26H2,1-2H3,(H,28,31). The van der Waals surface area contributed by atoms with Crippen LogP contribution in [0.5, 0.6) is 0 Å². The molecule has 31 heavy (non-hydrogen) atoms. The second kappa shape index (κ2) is 8.55. The molecule has 6 nitrogen and oxygen atoms in total. The second-order valence-corrected chi connectivity index (χ2v) is 7.01. The number of anilines is 2. The van der Waals surface area contributed by atoms with E-state index in [4.69, 9.17) is 5.73 Å². The number of halogens is 3. The Kier molecular flexibility index (Phi) is 6.05. The summed E-state index contributed by atoms with van der Waals surface area (Å²) in [6.45, 7) is 1.55. The topological polar surface area (TPSA) is 89.2 Å². The molecular formula is C22H21F3N4O2. The van der Waals surface area contributed by atoms with Crippen LogP contribution in [-0.2, 0) is 6.18 Å². The molecule has 0 aliphatic heterocycles. The van der Waals surface area contributed by atoms with E-state index < -0.39 is 23.7 Å². The Morgan fingerprint density at radius 3 is 2.52 bits per heavy atom. The summed E-state index contributed by atoms with van der Waals surface area (Å²) in [5, 5.41) is 5.62. The lowest BCUT2D eigenvalue weighted by molar-refractivity contribution is -0.137. The molecule has 162 valence electrons. The van der Waals surface area contributed by atoms with Gasteiger partial charge in [0.1, 0.15) is 0 Å². The summed E-state index contributed by atoms with van der Waals surface area (Å²) >= 11 is 0. The van der Waals surface area contributed by atoms with Crippen LogP contribution in [0.2, 0.25) is 0 Å². The van der Waals surface area contributed by atoms with Crippen molar-refractivity contribution < 1.29 is 18.0 Å². The van der Waals surface area contributed by atoms with Gasteiger partial charge in [-0.25, -0.2) is 0 Å². The van der Waals surface area contributed by atoms with Gasteiger partial charge in [-0.05, 0) is 55.0 Å². The molecule has 0 aliphatic carbocycles. The number of aromatic nitrogens is 1. The Hall–Kier alpha value is -3.75. The van der Waals surface area contributed by atoms with E-state index in [1.54, 1.807) is 32.2 Å². The smallest absolute Gasteiger partial charge is 0.399 e. The number of nitrogen functional groups attached to an aromatic ring is 1. The lowest BCUT2D eigenvalue weighted by Gasteiger charge is -2.18. The molecule has 0 spiro atoms. The zero-order chi connectivity index (χ0) is 22.8. The Morgan fingerprint density at radius 1 is 1.10 bits per heavy atom. The van der Waals surface area contributed by atoms with Gasteiger partial charge in [-0.2, -0.15) is 13.2 Å². The van der Waals surface area contributed by atoms with Gasteiger partial charge >= 0.3 is 6.18 Å². The number of amides is 1. The van der Waals surface area contributed by atoms with Crippen LogP contribution in [0.25, 0.3) is 5.69 Å². The lowest BCUT2D eigenvalue weighted by atomic mass is 10.0. The molecule has 1 aromatic heterocycles. The highest BCUT2D eigenvalue weighted by Crippen LogP contribution is 2.32. The number of nitrogens with one attached hydrogen (secondary N) is 2. The van der Waals surface area contributed by atoms with Crippen LogP contribution >= 0.6 is 0 Å². The average Bonchev–Trinajstić information content (AvgIpc) is 2.73. The zero-order valence-corrected chi connectivity index (χ0v) is 16.8. The van der Waals surface area contributed by atoms with Gasteiger partial charge in [-0.1, -0.05) is 6.07 Å². The molecule has 2 aromatic carbocycles. The summed E-state index contributed by atoms with van der Waals surface area (Å²) in [6, 6.07) is 12.1. The molecule has 3 rings (SSSR count). The summed E-state index contributed by atoms with van der Waals surface area (Å²) in [4.78, 5) is 25.0. The highest BCUT2D eigenvalue weighted by molar-refractivity contribution is 5.94. The summed E-state index contributed by atoms with van der Waals surface area (Å²) in [5.41, 5.74) is 6.08. The predicted octanol–water partition coefficient (Wildman–Crippen LogP) is 3.97. The number of alkyl halides is 3. The predicted molar refractivity (Wildman–Crippen MR) is 113 cm³/mol. The van der Waals surface area contributed by atoms with E-state index in [9.17, 15) is 22.8 Å². The Labute approximate surface area is 176 Å². The molecule has 0 aliphatic rings. The largest absolute Gasteiger partial charge is 0.416 e. The van der Waals surface area contributed by atoms with Crippen LogP contribution in [-0.4, -0.2) is 17.5 Å². The minimum Gasteiger partial charge on any atom is -0.399 e. The summed E-state index contributed by atoms with van der Waals surface area (Å²) in [5.74, 6) is -0.540. The first-order chi connectivity index (χ1) is 14.6. The van der Waals surface area contributed by atoms with Crippen molar-refractivity contribution >= 4 is 17.3 Å². The Bertz CT molecular complexity index is 1170. The van der Waals surface area contributed by atoms with Crippen LogP contribution in [0.3, 0.4) is 0 Å². The van der Waals surface area contributed by atoms with Gasteiger partial charge in [0.05, 0.1) is 22.9 Å². The van der Waals surface area contributed by atoms with Crippen molar-refractivity contribution in [3.05, 3.63) is 87.8 Å². The molecule has 1 amide bonds. The van der Waals surface area contributed by atoms with E-state index in [1.807, 2.05) is 6.07 Å². The minimum absolute atomic E-state index is 0.0520. The number of carbonyl (C=O) groups excluding carboxylic acids is 1. The maximum Gasteiger partial charge on any atom is 0.416 e. The fourth-order valence-corrected chi connectivity index (χ4v) is 3.09. The molecule has 0 saturated heterocycles. The zero-order valence-electron chi connectivity index (χ0n) is 16.8. The van der Waals surface area contributed by atoms with Gasteiger partial charge in [0.2, 0.25) is 0 Å². The highest BCUT2D eigenvalue weighted by Gasteiger charge is 2.31. The first-order valence-electron chi connectivity index (χ1n) is 9.38. The number of nitrogens with two attached hydrogens (primary N) is 1. The number of hydrogen-bond donors (Lipinski definition) is 3. The normalized spacial score (nSPS) is 12.3. The Balaban J connectivity index is 1.87. The molecule has 0 fully saturated rings. The van der Waals surface area contributed by atoms with Crippen molar-refractivity contribution in [2.75, 3.05) is 18.1 Å². The maximum atomic E-state index is 13.1. The number of carbonyl (C=O) groups is 1. The fourth-order valence-electron chi connectivity index (χ4n) is 3.09. The quantitative estimate of drug-likeness (QED) is 0.535. The van der Waals surface area contributed by atoms with Crippen molar-refractivity contribution in [2.24, 2.45) is 0 Å². The third-order valence-corrected chi connectivity index (χ3v) is 4.74. The van der Waals surface area contributed by atoms with E-state index in [2.05, 4.69) is 10.6 Å². The van der Waals surface area contributed by atoms with Crippen molar-refractivity contribution in [3.8, 4) is 5.69 Å². The maximum absolute atomic E-state index is 13.1. The number of hydrogen-bond acceptors (Lipinski definition) is 4. The fraction of sp³-hybridized carbons (Fsp3) is 0.182. The molecule has 4 N–H and O–H groups in total. The highest BCUT2D eigenvalue weighted by atomic mass is 19.4. The first-order valence-corrected chi connectivity index (χ1v) is 9.38. The van der Waals surface area contributed by atoms with Crippen molar-refractivity contribution in [1.29, 1.82) is 0 Å². The molecule has 1 atom stereocenters. The van der Waals surface area contributed by atoms with Gasteiger partial charge in [0.25, 0.3) is 11.5 Å². The van der Waals surface area contributed by atoms with Gasteiger partial charge in [0, 0.05) is 30.7 Å². The lowest BCUT2D eigenvalue weighted by Crippen LogP contribution is -2.28. The monoisotopic (exact) mass is 430 g/mol. The number of benzene rings is 2. The molecular weight excluding hydrogens is 409 g/mol. The molecule has 3 aromatic rings. The van der Waals surface area contributed by atoms with E-state index in [0.717, 1.165) is 17.8 Å². The van der Waals surface area contributed by atoms with Gasteiger partial charge in [-0.15, -0.1) is 0 Å². The second-order valence-electron chi connectivity index (χ2n) is 7.01. The average molecular weight is 430 g/mol. The number of rotatable bonds is 5.